The largest absolute Gasteiger partial charge is 0.466 e. The smallest absolute Gasteiger partial charge is 0.307 e. The Balaban J connectivity index is 2.44. The normalized spacial score (nSPS) is 11.9. The Hall–Kier alpha value is -1.66. The molecule has 0 radical (unpaired) electrons. The Labute approximate surface area is 137 Å². The second-order valence-electron chi connectivity index (χ2n) is 4.56. The van der Waals surface area contributed by atoms with E-state index in [1.165, 1.54) is 11.3 Å². The highest BCUT2D eigenvalue weighted by atomic mass is 35.5. The molecule has 1 heterocycles. The Morgan fingerprint density at radius 1 is 1.36 bits per heavy atom. The fourth-order valence-electron chi connectivity index (χ4n) is 1.97. The van der Waals surface area contributed by atoms with Crippen LogP contribution in [0.5, 0.6) is 0 Å². The second-order valence-corrected chi connectivity index (χ2v) is 6.01. The van der Waals surface area contributed by atoms with E-state index in [4.69, 9.17) is 16.3 Å². The van der Waals surface area contributed by atoms with Gasteiger partial charge in [-0.05, 0) is 25.1 Å². The molecule has 1 aromatic carbocycles. The molecule has 0 saturated carbocycles. The summed E-state index contributed by atoms with van der Waals surface area (Å²) in [4.78, 5) is 27.9. The van der Waals surface area contributed by atoms with E-state index in [0.29, 0.717) is 29.4 Å². The van der Waals surface area contributed by atoms with Gasteiger partial charge in [-0.15, -0.1) is 0 Å². The van der Waals surface area contributed by atoms with Crippen LogP contribution >= 0.6 is 22.9 Å². The van der Waals surface area contributed by atoms with E-state index < -0.39 is 0 Å². The zero-order valence-corrected chi connectivity index (χ0v) is 14.0. The monoisotopic (exact) mass is 340 g/mol. The third-order valence-electron chi connectivity index (χ3n) is 3.01. The number of hydrogen-bond acceptors (Lipinski definition) is 4. The van der Waals surface area contributed by atoms with Crippen molar-refractivity contribution in [2.45, 2.75) is 33.2 Å². The molecule has 0 aliphatic carbocycles. The van der Waals surface area contributed by atoms with Crippen LogP contribution in [0.4, 0.5) is 0 Å². The molecule has 0 aliphatic heterocycles. The van der Waals surface area contributed by atoms with Gasteiger partial charge in [0.05, 0.1) is 23.2 Å². The fraction of sp³-hybridized carbons (Fsp3) is 0.400. The lowest BCUT2D eigenvalue weighted by molar-refractivity contribution is -0.143. The molecule has 1 aromatic heterocycles. The third kappa shape index (κ3) is 3.96. The minimum atomic E-state index is -0.268. The van der Waals surface area contributed by atoms with Gasteiger partial charge in [-0.25, -0.2) is 0 Å². The van der Waals surface area contributed by atoms with Crippen LogP contribution in [0.25, 0.3) is 10.2 Å². The zero-order valence-electron chi connectivity index (χ0n) is 12.5. The van der Waals surface area contributed by atoms with Crippen molar-refractivity contribution in [3.8, 4) is 0 Å². The van der Waals surface area contributed by atoms with Gasteiger partial charge in [0.2, 0.25) is 5.91 Å². The van der Waals surface area contributed by atoms with Crippen molar-refractivity contribution >= 4 is 45.0 Å². The Kier molecular flexibility index (Phi) is 5.74. The van der Waals surface area contributed by atoms with Gasteiger partial charge in [-0.2, -0.15) is 4.99 Å². The van der Waals surface area contributed by atoms with Crippen molar-refractivity contribution in [3.05, 3.63) is 28.0 Å². The van der Waals surface area contributed by atoms with Gasteiger partial charge in [-0.1, -0.05) is 29.9 Å². The van der Waals surface area contributed by atoms with E-state index in [9.17, 15) is 9.59 Å². The fourth-order valence-corrected chi connectivity index (χ4v) is 3.32. The molecule has 0 atom stereocenters. The zero-order chi connectivity index (χ0) is 16.1. The number of aromatic nitrogens is 1. The Morgan fingerprint density at radius 3 is 2.82 bits per heavy atom. The molecule has 0 aliphatic rings. The van der Waals surface area contributed by atoms with E-state index in [2.05, 4.69) is 4.99 Å². The van der Waals surface area contributed by atoms with Crippen molar-refractivity contribution in [2.75, 3.05) is 6.61 Å². The van der Waals surface area contributed by atoms with E-state index in [0.717, 1.165) is 10.2 Å². The van der Waals surface area contributed by atoms with Crippen molar-refractivity contribution in [3.63, 3.8) is 0 Å². The van der Waals surface area contributed by atoms with Crippen LogP contribution in [-0.2, 0) is 20.9 Å². The van der Waals surface area contributed by atoms with E-state index in [-0.39, 0.29) is 18.3 Å². The molecule has 0 unspecified atom stereocenters. The Bertz CT molecular complexity index is 764. The maximum atomic E-state index is 11.6. The summed E-state index contributed by atoms with van der Waals surface area (Å²) in [6, 6.07) is 5.48. The third-order valence-corrected chi connectivity index (χ3v) is 4.29. The summed E-state index contributed by atoms with van der Waals surface area (Å²) in [6.07, 6.45) is 0.572. The predicted molar refractivity (Wildman–Crippen MR) is 86.9 cm³/mol. The van der Waals surface area contributed by atoms with Crippen molar-refractivity contribution in [1.29, 1.82) is 0 Å². The predicted octanol–water partition coefficient (Wildman–Crippen LogP) is 3.15. The average molecular weight is 341 g/mol. The second kappa shape index (κ2) is 7.56. The highest BCUT2D eigenvalue weighted by Crippen LogP contribution is 2.22. The first-order chi connectivity index (χ1) is 10.5. The standard InChI is InChI=1S/C15H17ClN2O3S/c1-3-13(19)17-15-18(8-7-14(20)21-4-2)11-6-5-10(16)9-12(11)22-15/h5-6,9H,3-4,7-8H2,1-2H3. The number of aryl methyl sites for hydroxylation is 1. The number of esters is 1. The molecule has 2 aromatic rings. The number of benzene rings is 1. The number of thiazole rings is 1. The van der Waals surface area contributed by atoms with Gasteiger partial charge < -0.3 is 9.30 Å². The van der Waals surface area contributed by atoms with Gasteiger partial charge in [-0.3, -0.25) is 9.59 Å². The highest BCUT2D eigenvalue weighted by Gasteiger charge is 2.10. The maximum Gasteiger partial charge on any atom is 0.307 e. The first-order valence-electron chi connectivity index (χ1n) is 7.07. The summed E-state index contributed by atoms with van der Waals surface area (Å²) in [6.45, 7) is 4.30. The van der Waals surface area contributed by atoms with E-state index >= 15 is 0 Å². The van der Waals surface area contributed by atoms with Crippen LogP contribution in [-0.4, -0.2) is 23.1 Å². The van der Waals surface area contributed by atoms with Crippen molar-refractivity contribution < 1.29 is 14.3 Å². The SMILES string of the molecule is CCOC(=O)CCn1c(=NC(=O)CC)sc2cc(Cl)ccc21. The van der Waals surface area contributed by atoms with Crippen LogP contribution in [0.1, 0.15) is 26.7 Å². The summed E-state index contributed by atoms with van der Waals surface area (Å²) in [5, 5.41) is 0.625. The number of nitrogens with zero attached hydrogens (tertiary/aromatic N) is 2. The Morgan fingerprint density at radius 2 is 2.14 bits per heavy atom. The van der Waals surface area contributed by atoms with Crippen LogP contribution in [0.3, 0.4) is 0 Å². The van der Waals surface area contributed by atoms with Crippen molar-refractivity contribution in [1.82, 2.24) is 4.57 Å². The molecule has 0 fully saturated rings. The van der Waals surface area contributed by atoms with E-state index in [1.54, 1.807) is 19.9 Å². The maximum absolute atomic E-state index is 11.6. The first kappa shape index (κ1) is 16.7. The molecule has 0 saturated heterocycles. The quantitative estimate of drug-likeness (QED) is 0.785. The number of hydrogen-bond donors (Lipinski definition) is 0. The van der Waals surface area contributed by atoms with Gasteiger partial charge in [0.15, 0.2) is 4.80 Å². The van der Waals surface area contributed by atoms with Crippen LogP contribution in [0.2, 0.25) is 5.02 Å². The molecule has 0 bridgehead atoms. The van der Waals surface area contributed by atoms with Gasteiger partial charge >= 0.3 is 5.97 Å². The molecule has 7 heteroatoms. The first-order valence-corrected chi connectivity index (χ1v) is 8.26. The van der Waals surface area contributed by atoms with E-state index in [1.807, 2.05) is 16.7 Å². The topological polar surface area (TPSA) is 60.7 Å². The van der Waals surface area contributed by atoms with Crippen LogP contribution < -0.4 is 4.80 Å². The van der Waals surface area contributed by atoms with Crippen molar-refractivity contribution in [2.24, 2.45) is 4.99 Å². The van der Waals surface area contributed by atoms with Crippen LogP contribution in [0.15, 0.2) is 23.2 Å². The van der Waals surface area contributed by atoms with Crippen LogP contribution in [0, 0.1) is 0 Å². The molecule has 118 valence electrons. The number of carbonyl (C=O) groups excluding carboxylic acids is 2. The summed E-state index contributed by atoms with van der Waals surface area (Å²) in [5.41, 5.74) is 0.904. The summed E-state index contributed by atoms with van der Waals surface area (Å²) in [5.74, 6) is -0.460. The number of ether oxygens (including phenoxy) is 1. The molecule has 1 amide bonds. The minimum absolute atomic E-state index is 0.192. The van der Waals surface area contributed by atoms with Gasteiger partial charge in [0.25, 0.3) is 0 Å². The highest BCUT2D eigenvalue weighted by molar-refractivity contribution is 7.16. The lowest BCUT2D eigenvalue weighted by Gasteiger charge is -2.05. The minimum Gasteiger partial charge on any atom is -0.466 e. The summed E-state index contributed by atoms with van der Waals surface area (Å²) < 4.78 is 7.74. The molecular formula is C15H17ClN2O3S. The number of rotatable bonds is 5. The van der Waals surface area contributed by atoms with Gasteiger partial charge in [0, 0.05) is 18.0 Å². The summed E-state index contributed by atoms with van der Waals surface area (Å²) in [7, 11) is 0. The molecule has 5 nitrogen and oxygen atoms in total. The lowest BCUT2D eigenvalue weighted by Crippen LogP contribution is -2.19. The molecule has 0 spiro atoms. The average Bonchev–Trinajstić information content (AvgIpc) is 2.81. The number of carbonyl (C=O) groups is 2. The molecule has 22 heavy (non-hydrogen) atoms. The molecule has 2 rings (SSSR count). The number of fused-ring (bicyclic) bond motifs is 1. The molecular weight excluding hydrogens is 324 g/mol. The molecule has 0 N–H and O–H groups in total. The lowest BCUT2D eigenvalue weighted by atomic mass is 10.3. The number of halogens is 1. The summed E-state index contributed by atoms with van der Waals surface area (Å²) >= 11 is 7.39. The number of amides is 1. The van der Waals surface area contributed by atoms with Gasteiger partial charge in [0.1, 0.15) is 0 Å².